The number of hydrogen-bond acceptors (Lipinski definition) is 4. The van der Waals surface area contributed by atoms with E-state index in [0.29, 0.717) is 13.2 Å². The lowest BCUT2D eigenvalue weighted by atomic mass is 9.79. The molecule has 1 saturated heterocycles. The minimum atomic E-state index is -0.0854. The lowest BCUT2D eigenvalue weighted by molar-refractivity contribution is -0.124. The van der Waals surface area contributed by atoms with Gasteiger partial charge in [-0.3, -0.25) is 4.79 Å². The van der Waals surface area contributed by atoms with Crippen molar-refractivity contribution in [3.8, 4) is 5.75 Å². The maximum absolute atomic E-state index is 12.3. The van der Waals surface area contributed by atoms with Crippen LogP contribution >= 0.6 is 12.4 Å². The first kappa shape index (κ1) is 22.7. The Morgan fingerprint density at radius 3 is 2.50 bits per heavy atom. The molecule has 0 aliphatic carbocycles. The molecular formula is C20H33ClN2O3. The van der Waals surface area contributed by atoms with Crippen LogP contribution in [0.4, 0.5) is 0 Å². The van der Waals surface area contributed by atoms with Crippen molar-refractivity contribution in [2.24, 2.45) is 5.41 Å². The molecule has 0 saturated carbocycles. The van der Waals surface area contributed by atoms with Gasteiger partial charge in [-0.25, -0.2) is 0 Å². The van der Waals surface area contributed by atoms with Gasteiger partial charge in [0.2, 0.25) is 0 Å². The lowest BCUT2D eigenvalue weighted by Crippen LogP contribution is -2.47. The number of nitrogens with one attached hydrogen (secondary N) is 2. The normalized spacial score (nSPS) is 16.5. The largest absolute Gasteiger partial charge is 0.483 e. The van der Waals surface area contributed by atoms with E-state index in [4.69, 9.17) is 9.47 Å². The Kier molecular flexibility index (Phi) is 8.87. The van der Waals surface area contributed by atoms with E-state index in [1.54, 1.807) is 7.11 Å². The van der Waals surface area contributed by atoms with E-state index >= 15 is 0 Å². The minimum Gasteiger partial charge on any atom is -0.483 e. The van der Waals surface area contributed by atoms with Crippen LogP contribution in [-0.2, 0) is 14.9 Å². The summed E-state index contributed by atoms with van der Waals surface area (Å²) >= 11 is 0. The molecule has 0 unspecified atom stereocenters. The number of ether oxygens (including phenoxy) is 2. The van der Waals surface area contributed by atoms with Gasteiger partial charge in [0.25, 0.3) is 5.91 Å². The van der Waals surface area contributed by atoms with Crippen molar-refractivity contribution in [2.75, 3.05) is 40.0 Å². The molecule has 0 aromatic heterocycles. The second-order valence-electron chi connectivity index (χ2n) is 7.99. The highest BCUT2D eigenvalue weighted by atomic mass is 35.5. The molecule has 0 radical (unpaired) electrons. The molecule has 2 rings (SSSR count). The van der Waals surface area contributed by atoms with Crippen molar-refractivity contribution in [3.63, 3.8) is 0 Å². The van der Waals surface area contributed by atoms with E-state index in [2.05, 4.69) is 37.5 Å². The Morgan fingerprint density at radius 2 is 1.88 bits per heavy atom. The first-order chi connectivity index (χ1) is 11.9. The van der Waals surface area contributed by atoms with Gasteiger partial charge in [0.05, 0.1) is 6.61 Å². The molecule has 1 aromatic carbocycles. The van der Waals surface area contributed by atoms with Crippen LogP contribution in [0.2, 0.25) is 0 Å². The summed E-state index contributed by atoms with van der Waals surface area (Å²) in [6.45, 7) is 9.69. The molecule has 6 heteroatoms. The number of para-hydroxylation sites is 1. The smallest absolute Gasteiger partial charge is 0.257 e. The highest BCUT2D eigenvalue weighted by molar-refractivity contribution is 5.85. The maximum atomic E-state index is 12.3. The Balaban J connectivity index is 0.00000338. The summed E-state index contributed by atoms with van der Waals surface area (Å²) in [5.74, 6) is 0.691. The van der Waals surface area contributed by atoms with Crippen molar-refractivity contribution in [3.05, 3.63) is 29.8 Å². The zero-order chi connectivity index (χ0) is 18.3. The molecule has 1 aromatic rings. The summed E-state index contributed by atoms with van der Waals surface area (Å²) in [5, 5.41) is 6.39. The number of hydrogen-bond donors (Lipinski definition) is 2. The Hall–Kier alpha value is -1.30. The Bertz CT molecular complexity index is 561. The third-order valence-corrected chi connectivity index (χ3v) is 4.83. The summed E-state index contributed by atoms with van der Waals surface area (Å²) < 4.78 is 11.2. The zero-order valence-electron chi connectivity index (χ0n) is 16.4. The number of benzene rings is 1. The van der Waals surface area contributed by atoms with Crippen molar-refractivity contribution in [2.45, 2.75) is 39.0 Å². The zero-order valence-corrected chi connectivity index (χ0v) is 17.2. The van der Waals surface area contributed by atoms with Crippen molar-refractivity contribution in [1.29, 1.82) is 0 Å². The lowest BCUT2D eigenvalue weighted by Gasteiger charge is -2.37. The number of piperidine rings is 1. The van der Waals surface area contributed by atoms with E-state index in [1.807, 2.05) is 18.2 Å². The molecule has 148 valence electrons. The van der Waals surface area contributed by atoms with Crippen LogP contribution in [0, 0.1) is 5.41 Å². The van der Waals surface area contributed by atoms with E-state index in [-0.39, 0.29) is 35.8 Å². The topological polar surface area (TPSA) is 59.6 Å². The molecule has 1 heterocycles. The van der Waals surface area contributed by atoms with E-state index in [9.17, 15) is 4.79 Å². The molecule has 26 heavy (non-hydrogen) atoms. The van der Waals surface area contributed by atoms with Crippen LogP contribution in [0.3, 0.4) is 0 Å². The van der Waals surface area contributed by atoms with Gasteiger partial charge in [-0.2, -0.15) is 0 Å². The average molecular weight is 385 g/mol. The Morgan fingerprint density at radius 1 is 1.23 bits per heavy atom. The number of halogens is 1. The quantitative estimate of drug-likeness (QED) is 0.758. The van der Waals surface area contributed by atoms with Crippen LogP contribution in [0.5, 0.6) is 5.75 Å². The first-order valence-corrected chi connectivity index (χ1v) is 9.05. The van der Waals surface area contributed by atoms with Crippen LogP contribution < -0.4 is 15.4 Å². The molecule has 2 N–H and O–H groups in total. The van der Waals surface area contributed by atoms with Crippen LogP contribution in [0.15, 0.2) is 24.3 Å². The predicted molar refractivity (Wildman–Crippen MR) is 107 cm³/mol. The van der Waals surface area contributed by atoms with Gasteiger partial charge in [0, 0.05) is 19.1 Å². The van der Waals surface area contributed by atoms with E-state index in [1.165, 1.54) is 0 Å². The minimum absolute atomic E-state index is 0. The van der Waals surface area contributed by atoms with Crippen LogP contribution in [0.1, 0.15) is 39.2 Å². The molecule has 1 aliphatic heterocycles. The number of amides is 1. The van der Waals surface area contributed by atoms with Gasteiger partial charge >= 0.3 is 0 Å². The second kappa shape index (κ2) is 10.1. The molecular weight excluding hydrogens is 352 g/mol. The van der Waals surface area contributed by atoms with Crippen molar-refractivity contribution < 1.29 is 14.3 Å². The third-order valence-electron chi connectivity index (χ3n) is 4.83. The predicted octanol–water partition coefficient (Wildman–Crippen LogP) is 2.92. The third kappa shape index (κ3) is 6.45. The van der Waals surface area contributed by atoms with Crippen LogP contribution in [0.25, 0.3) is 0 Å². The van der Waals surface area contributed by atoms with Gasteiger partial charge < -0.3 is 20.1 Å². The van der Waals surface area contributed by atoms with Gasteiger partial charge in [-0.05, 0) is 43.0 Å². The fourth-order valence-electron chi connectivity index (χ4n) is 3.33. The number of rotatable bonds is 7. The fourth-order valence-corrected chi connectivity index (χ4v) is 3.33. The molecule has 0 atom stereocenters. The average Bonchev–Trinajstić information content (AvgIpc) is 2.59. The maximum Gasteiger partial charge on any atom is 0.257 e. The molecule has 0 bridgehead atoms. The van der Waals surface area contributed by atoms with Crippen LogP contribution in [-0.4, -0.2) is 45.9 Å². The van der Waals surface area contributed by atoms with Gasteiger partial charge in [-0.15, -0.1) is 12.4 Å². The van der Waals surface area contributed by atoms with Gasteiger partial charge in [0.15, 0.2) is 6.61 Å². The summed E-state index contributed by atoms with van der Waals surface area (Å²) in [4.78, 5) is 12.3. The standard InChI is InChI=1S/C20H32N2O3.ClH/c1-19(2,3)16-7-5-6-8-17(16)25-13-18(23)22-14-20(15-24-4)9-11-21-12-10-20;/h5-8,21H,9-15H2,1-4H3,(H,22,23);1H. The second-order valence-corrected chi connectivity index (χ2v) is 7.99. The molecule has 1 amide bonds. The first-order valence-electron chi connectivity index (χ1n) is 9.05. The Labute approximate surface area is 163 Å². The summed E-state index contributed by atoms with van der Waals surface area (Å²) in [5.41, 5.74) is 1.11. The summed E-state index contributed by atoms with van der Waals surface area (Å²) in [6.07, 6.45) is 2.02. The molecule has 1 aliphatic rings. The fraction of sp³-hybridized carbons (Fsp3) is 0.650. The van der Waals surface area contributed by atoms with Crippen molar-refractivity contribution in [1.82, 2.24) is 10.6 Å². The van der Waals surface area contributed by atoms with Gasteiger partial charge in [-0.1, -0.05) is 39.0 Å². The molecule has 1 fully saturated rings. The summed E-state index contributed by atoms with van der Waals surface area (Å²) in [6, 6.07) is 7.91. The van der Waals surface area contributed by atoms with E-state index in [0.717, 1.165) is 37.2 Å². The number of carbonyl (C=O) groups excluding carboxylic acids is 1. The SMILES string of the molecule is COCC1(CNC(=O)COc2ccccc2C(C)(C)C)CCNCC1.Cl. The van der Waals surface area contributed by atoms with Crippen molar-refractivity contribution >= 4 is 18.3 Å². The number of methoxy groups -OCH3 is 1. The summed E-state index contributed by atoms with van der Waals surface area (Å²) in [7, 11) is 1.72. The molecule has 0 spiro atoms. The highest BCUT2D eigenvalue weighted by Crippen LogP contribution is 2.31. The monoisotopic (exact) mass is 384 g/mol. The highest BCUT2D eigenvalue weighted by Gasteiger charge is 2.32. The number of carbonyl (C=O) groups is 1. The van der Waals surface area contributed by atoms with E-state index < -0.39 is 0 Å². The molecule has 5 nitrogen and oxygen atoms in total. The van der Waals surface area contributed by atoms with Gasteiger partial charge in [0.1, 0.15) is 5.75 Å².